The van der Waals surface area contributed by atoms with Gasteiger partial charge in [-0.05, 0) is 45.6 Å². The van der Waals surface area contributed by atoms with Crippen molar-refractivity contribution in [3.63, 3.8) is 0 Å². The summed E-state index contributed by atoms with van der Waals surface area (Å²) in [5.74, 6) is -0.100. The van der Waals surface area contributed by atoms with E-state index in [1.807, 2.05) is 13.8 Å². The number of hydrogen-bond acceptors (Lipinski definition) is 6. The maximum Gasteiger partial charge on any atom is 0.407 e. The van der Waals surface area contributed by atoms with Gasteiger partial charge in [0.1, 0.15) is 5.60 Å². The standard InChI is InChI=1S/C22H31N5O5/c1-12(2)11-27-17-16(19(29)26-20(27)30)14(10-15(25-17)13-6-7-13)18(28)23-8-9-24-21(31)32-22(3,4)5/h10,12-13H,6-9,11H2,1-5H3,(H,23,28)(H,24,31)(H,26,29,30). The maximum atomic E-state index is 13.0. The fraction of sp³-hybridized carbons (Fsp3) is 0.591. The van der Waals surface area contributed by atoms with Gasteiger partial charge in [0.25, 0.3) is 11.5 Å². The van der Waals surface area contributed by atoms with Crippen LogP contribution >= 0.6 is 0 Å². The number of fused-ring (bicyclic) bond motifs is 1. The van der Waals surface area contributed by atoms with Crippen molar-refractivity contribution in [3.05, 3.63) is 38.2 Å². The molecule has 1 aliphatic carbocycles. The van der Waals surface area contributed by atoms with E-state index in [-0.39, 0.29) is 41.5 Å². The van der Waals surface area contributed by atoms with Gasteiger partial charge in [-0.3, -0.25) is 19.1 Å². The minimum absolute atomic E-state index is 0.0900. The van der Waals surface area contributed by atoms with Crippen LogP contribution in [-0.4, -0.2) is 45.2 Å². The second-order valence-corrected chi connectivity index (χ2v) is 9.52. The topological polar surface area (TPSA) is 135 Å². The van der Waals surface area contributed by atoms with Crippen LogP contribution in [0.1, 0.15) is 69.4 Å². The summed E-state index contributed by atoms with van der Waals surface area (Å²) in [7, 11) is 0. The van der Waals surface area contributed by atoms with E-state index < -0.39 is 28.9 Å². The largest absolute Gasteiger partial charge is 0.444 e. The molecule has 10 nitrogen and oxygen atoms in total. The molecule has 2 heterocycles. The third-order valence-electron chi connectivity index (χ3n) is 4.84. The van der Waals surface area contributed by atoms with E-state index in [1.54, 1.807) is 26.8 Å². The number of carbonyl (C=O) groups is 2. The summed E-state index contributed by atoms with van der Waals surface area (Å²) in [6, 6.07) is 1.63. The fourth-order valence-corrected chi connectivity index (χ4v) is 3.35. The van der Waals surface area contributed by atoms with E-state index >= 15 is 0 Å². The van der Waals surface area contributed by atoms with Crippen LogP contribution in [0.3, 0.4) is 0 Å². The molecule has 2 aromatic heterocycles. The SMILES string of the molecule is CC(C)Cn1c(=O)[nH]c(=O)c2c(C(=O)NCCNC(=O)OC(C)(C)C)cc(C3CC3)nc21. The van der Waals surface area contributed by atoms with Crippen molar-refractivity contribution in [1.82, 2.24) is 25.2 Å². The van der Waals surface area contributed by atoms with Crippen molar-refractivity contribution in [1.29, 1.82) is 0 Å². The lowest BCUT2D eigenvalue weighted by Gasteiger charge is -2.19. The third kappa shape index (κ3) is 5.74. The molecule has 0 atom stereocenters. The zero-order valence-corrected chi connectivity index (χ0v) is 19.2. The van der Waals surface area contributed by atoms with Gasteiger partial charge >= 0.3 is 11.8 Å². The van der Waals surface area contributed by atoms with Gasteiger partial charge in [0.05, 0.1) is 10.9 Å². The zero-order chi connectivity index (χ0) is 23.6. The Morgan fingerprint density at radius 2 is 1.88 bits per heavy atom. The summed E-state index contributed by atoms with van der Waals surface area (Å²) < 4.78 is 6.58. The summed E-state index contributed by atoms with van der Waals surface area (Å²) in [5, 5.41) is 5.38. The van der Waals surface area contributed by atoms with Gasteiger partial charge in [-0.25, -0.2) is 14.6 Å². The lowest BCUT2D eigenvalue weighted by atomic mass is 10.1. The van der Waals surface area contributed by atoms with Crippen LogP contribution in [0.25, 0.3) is 11.0 Å². The molecule has 32 heavy (non-hydrogen) atoms. The number of hydrogen-bond donors (Lipinski definition) is 3. The third-order valence-corrected chi connectivity index (χ3v) is 4.84. The Morgan fingerprint density at radius 1 is 1.22 bits per heavy atom. The van der Waals surface area contributed by atoms with Crippen molar-refractivity contribution in [3.8, 4) is 0 Å². The van der Waals surface area contributed by atoms with E-state index in [0.29, 0.717) is 12.2 Å². The molecule has 1 aliphatic rings. The second kappa shape index (κ2) is 9.13. The van der Waals surface area contributed by atoms with Gasteiger partial charge in [0.15, 0.2) is 5.65 Å². The van der Waals surface area contributed by atoms with Crippen molar-refractivity contribution < 1.29 is 14.3 Å². The van der Waals surface area contributed by atoms with Gasteiger partial charge in [-0.2, -0.15) is 0 Å². The number of carbonyl (C=O) groups excluding carboxylic acids is 2. The van der Waals surface area contributed by atoms with Crippen LogP contribution in [0, 0.1) is 5.92 Å². The molecular weight excluding hydrogens is 414 g/mol. The number of H-pyrrole nitrogens is 1. The highest BCUT2D eigenvalue weighted by Gasteiger charge is 2.28. The molecule has 3 N–H and O–H groups in total. The Bertz CT molecular complexity index is 1140. The molecule has 2 amide bonds. The molecule has 0 aliphatic heterocycles. The summed E-state index contributed by atoms with van der Waals surface area (Å²) in [5.41, 5.74) is -0.685. The summed E-state index contributed by atoms with van der Waals surface area (Å²) in [6.07, 6.45) is 1.33. The highest BCUT2D eigenvalue weighted by Crippen LogP contribution is 2.39. The highest BCUT2D eigenvalue weighted by atomic mass is 16.6. The molecule has 0 aromatic carbocycles. The molecule has 0 bridgehead atoms. The van der Waals surface area contributed by atoms with Crippen LogP contribution in [0.2, 0.25) is 0 Å². The Balaban J connectivity index is 1.87. The van der Waals surface area contributed by atoms with Gasteiger partial charge in [0, 0.05) is 31.2 Å². The maximum absolute atomic E-state index is 13.0. The molecule has 2 aromatic rings. The molecule has 0 spiro atoms. The quantitative estimate of drug-likeness (QED) is 0.557. The van der Waals surface area contributed by atoms with Crippen molar-refractivity contribution in [2.45, 2.75) is 65.5 Å². The first-order chi connectivity index (χ1) is 15.0. The normalized spacial score (nSPS) is 13.9. The number of rotatable bonds is 7. The van der Waals surface area contributed by atoms with E-state index in [2.05, 4.69) is 20.6 Å². The van der Waals surface area contributed by atoms with Gasteiger partial charge in [-0.15, -0.1) is 0 Å². The van der Waals surface area contributed by atoms with Crippen LogP contribution in [0.15, 0.2) is 15.7 Å². The average molecular weight is 446 g/mol. The Labute approximate surface area is 185 Å². The van der Waals surface area contributed by atoms with Crippen LogP contribution in [0.5, 0.6) is 0 Å². The van der Waals surface area contributed by atoms with Crippen molar-refractivity contribution in [2.75, 3.05) is 13.1 Å². The van der Waals surface area contributed by atoms with Gasteiger partial charge in [-0.1, -0.05) is 13.8 Å². The minimum Gasteiger partial charge on any atom is -0.444 e. The van der Waals surface area contributed by atoms with Gasteiger partial charge < -0.3 is 15.4 Å². The fourth-order valence-electron chi connectivity index (χ4n) is 3.35. The van der Waals surface area contributed by atoms with E-state index in [9.17, 15) is 19.2 Å². The number of ether oxygens (including phenoxy) is 1. The number of aromatic nitrogens is 3. The molecule has 0 radical (unpaired) electrons. The Kier molecular flexibility index (Phi) is 6.71. The molecule has 0 saturated heterocycles. The second-order valence-electron chi connectivity index (χ2n) is 9.52. The average Bonchev–Trinajstić information content (AvgIpc) is 3.51. The van der Waals surface area contributed by atoms with E-state index in [4.69, 9.17) is 4.74 Å². The lowest BCUT2D eigenvalue weighted by Crippen LogP contribution is -2.38. The molecular formula is C22H31N5O5. The molecule has 174 valence electrons. The van der Waals surface area contributed by atoms with Crippen molar-refractivity contribution >= 4 is 23.0 Å². The van der Waals surface area contributed by atoms with Gasteiger partial charge in [0.2, 0.25) is 0 Å². The van der Waals surface area contributed by atoms with Crippen LogP contribution in [0.4, 0.5) is 4.79 Å². The predicted molar refractivity (Wildman–Crippen MR) is 120 cm³/mol. The molecule has 1 saturated carbocycles. The number of alkyl carbamates (subject to hydrolysis) is 1. The molecule has 10 heteroatoms. The smallest absolute Gasteiger partial charge is 0.407 e. The number of aromatic amines is 1. The first-order valence-electron chi connectivity index (χ1n) is 10.9. The predicted octanol–water partition coefficient (Wildman–Crippen LogP) is 1.87. The van der Waals surface area contributed by atoms with Crippen LogP contribution in [-0.2, 0) is 11.3 Å². The number of pyridine rings is 1. The van der Waals surface area contributed by atoms with E-state index in [0.717, 1.165) is 12.8 Å². The molecule has 0 unspecified atom stereocenters. The minimum atomic E-state index is -0.642. The monoisotopic (exact) mass is 445 g/mol. The first kappa shape index (κ1) is 23.5. The summed E-state index contributed by atoms with van der Waals surface area (Å²) in [6.45, 7) is 9.87. The zero-order valence-electron chi connectivity index (χ0n) is 19.2. The number of nitrogens with one attached hydrogen (secondary N) is 3. The van der Waals surface area contributed by atoms with E-state index in [1.165, 1.54) is 4.57 Å². The van der Waals surface area contributed by atoms with Crippen molar-refractivity contribution in [2.24, 2.45) is 5.92 Å². The number of nitrogens with zero attached hydrogens (tertiary/aromatic N) is 2. The number of amides is 2. The summed E-state index contributed by atoms with van der Waals surface area (Å²) >= 11 is 0. The molecule has 3 rings (SSSR count). The Hall–Kier alpha value is -3.17. The summed E-state index contributed by atoms with van der Waals surface area (Å²) in [4.78, 5) is 56.7. The molecule has 1 fully saturated rings. The van der Waals surface area contributed by atoms with Crippen LogP contribution < -0.4 is 21.9 Å². The Morgan fingerprint density at radius 3 is 2.47 bits per heavy atom. The lowest BCUT2D eigenvalue weighted by molar-refractivity contribution is 0.0526. The highest BCUT2D eigenvalue weighted by molar-refractivity contribution is 6.05. The first-order valence-corrected chi connectivity index (χ1v) is 10.9.